The number of benzene rings is 1. The van der Waals surface area contributed by atoms with Gasteiger partial charge in [0.25, 0.3) is 0 Å². The van der Waals surface area contributed by atoms with Gasteiger partial charge >= 0.3 is 11.9 Å². The summed E-state index contributed by atoms with van der Waals surface area (Å²) in [5.74, 6) is -0.913. The molecule has 0 spiro atoms. The van der Waals surface area contributed by atoms with E-state index in [0.717, 1.165) is 44.0 Å². The van der Waals surface area contributed by atoms with Crippen LogP contribution >= 0.6 is 0 Å². The summed E-state index contributed by atoms with van der Waals surface area (Å²) in [5, 5.41) is 23.7. The standard InChI is InChI=1S/C44H60O7/c1-10-27(2)38(49)51-36-37(50-35(48)19-16-28-14-12-11-13-15-28)44(26-45)30(24-39(36,3)4)29-17-18-32-41(7)22-21-33(46)40(5,6)31(41)20-23-42(32,8)43(29,9)25-34(44)47/h10-17,19,26,30-34,36-37,46-47H,18,20-25H2,1-9H3/b19-16+,27-10-/t30?,31?,32?,33-,34+,36-,37-,41-,42+,43+,44-/m0/s1. The van der Waals surface area contributed by atoms with Gasteiger partial charge in [-0.15, -0.1) is 0 Å². The Bertz CT molecular complexity index is 1640. The van der Waals surface area contributed by atoms with Crippen molar-refractivity contribution in [2.45, 2.75) is 132 Å². The molecule has 5 aliphatic rings. The summed E-state index contributed by atoms with van der Waals surface area (Å²) in [6, 6.07) is 9.40. The second kappa shape index (κ2) is 12.8. The Hall–Kier alpha value is -3.03. The zero-order valence-corrected chi connectivity index (χ0v) is 32.2. The number of fused-ring (bicyclic) bond motifs is 7. The molecule has 7 heteroatoms. The van der Waals surface area contributed by atoms with Gasteiger partial charge in [-0.25, -0.2) is 9.59 Å². The predicted octanol–water partition coefficient (Wildman–Crippen LogP) is 8.04. The molecule has 0 saturated heterocycles. The van der Waals surface area contributed by atoms with Crippen molar-refractivity contribution in [1.29, 1.82) is 0 Å². The first kappa shape index (κ1) is 37.7. The quantitative estimate of drug-likeness (QED) is 0.134. The monoisotopic (exact) mass is 700 g/mol. The van der Waals surface area contributed by atoms with Gasteiger partial charge in [0.2, 0.25) is 0 Å². The molecule has 7 nitrogen and oxygen atoms in total. The summed E-state index contributed by atoms with van der Waals surface area (Å²) >= 11 is 0. The van der Waals surface area contributed by atoms with E-state index in [0.29, 0.717) is 30.3 Å². The van der Waals surface area contributed by atoms with Crippen molar-refractivity contribution in [3.8, 4) is 0 Å². The molecular weight excluding hydrogens is 640 g/mol. The zero-order chi connectivity index (χ0) is 37.4. The van der Waals surface area contributed by atoms with Gasteiger partial charge in [-0.05, 0) is 110 Å². The second-order valence-corrected chi connectivity index (χ2v) is 18.7. The lowest BCUT2D eigenvalue weighted by Gasteiger charge is -2.72. The number of aliphatic hydroxyl groups is 2. The number of aliphatic hydroxyl groups excluding tert-OH is 2. The number of carbonyl (C=O) groups excluding carboxylic acids is 3. The molecular formula is C44H60O7. The van der Waals surface area contributed by atoms with Crippen LogP contribution in [0.2, 0.25) is 0 Å². The van der Waals surface area contributed by atoms with Crippen molar-refractivity contribution >= 4 is 24.3 Å². The SMILES string of the molecule is C/C=C(/C)C(=O)O[C@H]1[C@H](OC(=O)/C=C/c2ccccc2)[C@@]2(C=O)C(CC1(C)C)C1=CCC3[C@@]4(C)CC[C@H](O)C(C)(C)C4CC[C@@]3(C)[C@]1(C)C[C@H]2O. The van der Waals surface area contributed by atoms with Crippen LogP contribution in [0.15, 0.2) is 59.7 Å². The van der Waals surface area contributed by atoms with Crippen LogP contribution in [0, 0.1) is 50.2 Å². The van der Waals surface area contributed by atoms with Crippen LogP contribution in [0.5, 0.6) is 0 Å². The minimum absolute atomic E-state index is 0.0177. The Morgan fingerprint density at radius 3 is 2.20 bits per heavy atom. The van der Waals surface area contributed by atoms with Gasteiger partial charge in [0.05, 0.1) is 17.6 Å². The summed E-state index contributed by atoms with van der Waals surface area (Å²) in [6.45, 7) is 19.1. The number of carbonyl (C=O) groups is 3. The van der Waals surface area contributed by atoms with Crippen molar-refractivity contribution in [3.05, 3.63) is 65.3 Å². The molecule has 0 heterocycles. The summed E-state index contributed by atoms with van der Waals surface area (Å²) in [6.07, 6.45) is 9.57. The average molecular weight is 701 g/mol. The molecule has 0 bridgehead atoms. The normalized spacial score (nSPS) is 42.7. The van der Waals surface area contributed by atoms with E-state index in [1.165, 1.54) is 11.6 Å². The van der Waals surface area contributed by atoms with Crippen LogP contribution in [0.25, 0.3) is 6.08 Å². The van der Waals surface area contributed by atoms with E-state index in [2.05, 4.69) is 40.7 Å². The highest BCUT2D eigenvalue weighted by atomic mass is 16.6. The number of esters is 2. The minimum atomic E-state index is -1.52. The molecule has 4 saturated carbocycles. The fraction of sp³-hybridized carbons (Fsp3) is 0.659. The van der Waals surface area contributed by atoms with Crippen LogP contribution in [0.1, 0.15) is 113 Å². The molecule has 278 valence electrons. The smallest absolute Gasteiger partial charge is 0.333 e. The number of ether oxygens (including phenoxy) is 2. The van der Waals surface area contributed by atoms with Crippen LogP contribution in [0.3, 0.4) is 0 Å². The molecule has 51 heavy (non-hydrogen) atoms. The van der Waals surface area contributed by atoms with Gasteiger partial charge in [0, 0.05) is 17.1 Å². The Morgan fingerprint density at radius 2 is 1.55 bits per heavy atom. The van der Waals surface area contributed by atoms with Crippen molar-refractivity contribution in [2.75, 3.05) is 0 Å². The largest absolute Gasteiger partial charge is 0.454 e. The lowest BCUT2D eigenvalue weighted by atomic mass is 9.33. The molecule has 3 unspecified atom stereocenters. The van der Waals surface area contributed by atoms with Crippen LogP contribution in [0.4, 0.5) is 0 Å². The van der Waals surface area contributed by atoms with E-state index in [4.69, 9.17) is 9.47 Å². The molecule has 0 aromatic heterocycles. The van der Waals surface area contributed by atoms with E-state index in [9.17, 15) is 24.6 Å². The lowest BCUT2D eigenvalue weighted by molar-refractivity contribution is -0.248. The van der Waals surface area contributed by atoms with E-state index >= 15 is 0 Å². The number of allylic oxidation sites excluding steroid dienone is 3. The Morgan fingerprint density at radius 1 is 0.863 bits per heavy atom. The van der Waals surface area contributed by atoms with Crippen LogP contribution in [-0.4, -0.2) is 52.9 Å². The number of hydrogen-bond acceptors (Lipinski definition) is 7. The van der Waals surface area contributed by atoms with Gasteiger partial charge in [-0.3, -0.25) is 0 Å². The maximum absolute atomic E-state index is 13.8. The fourth-order valence-electron chi connectivity index (χ4n) is 12.3. The molecule has 6 rings (SSSR count). The first-order valence-electron chi connectivity index (χ1n) is 19.1. The summed E-state index contributed by atoms with van der Waals surface area (Å²) in [5.41, 5.74) is -0.600. The maximum Gasteiger partial charge on any atom is 0.333 e. The third-order valence-corrected chi connectivity index (χ3v) is 15.6. The van der Waals surface area contributed by atoms with Gasteiger partial charge in [0.15, 0.2) is 6.10 Å². The first-order chi connectivity index (χ1) is 23.8. The Kier molecular flexibility index (Phi) is 9.49. The third kappa shape index (κ3) is 5.54. The van der Waals surface area contributed by atoms with Crippen molar-refractivity contribution < 1.29 is 34.1 Å². The molecule has 0 amide bonds. The highest BCUT2D eigenvalue weighted by Crippen LogP contribution is 2.75. The minimum Gasteiger partial charge on any atom is -0.454 e. The molecule has 0 aliphatic heterocycles. The predicted molar refractivity (Wildman–Crippen MR) is 198 cm³/mol. The Labute approximate surface area is 305 Å². The molecule has 4 fully saturated rings. The highest BCUT2D eigenvalue weighted by molar-refractivity contribution is 5.89. The van der Waals surface area contributed by atoms with Gasteiger partial charge in [0.1, 0.15) is 12.4 Å². The molecule has 0 radical (unpaired) electrons. The average Bonchev–Trinajstić information content (AvgIpc) is 3.07. The van der Waals surface area contributed by atoms with E-state index in [1.54, 1.807) is 26.0 Å². The number of hydrogen-bond donors (Lipinski definition) is 2. The second-order valence-electron chi connectivity index (χ2n) is 18.7. The van der Waals surface area contributed by atoms with Gasteiger partial charge < -0.3 is 24.5 Å². The molecule has 5 aliphatic carbocycles. The number of aldehydes is 1. The summed E-state index contributed by atoms with van der Waals surface area (Å²) in [7, 11) is 0. The highest BCUT2D eigenvalue weighted by Gasteiger charge is 2.73. The molecule has 1 aromatic carbocycles. The van der Waals surface area contributed by atoms with Gasteiger partial charge in [-0.1, -0.05) is 96.5 Å². The maximum atomic E-state index is 13.8. The summed E-state index contributed by atoms with van der Waals surface area (Å²) in [4.78, 5) is 40.9. The van der Waals surface area contributed by atoms with E-state index in [-0.39, 0.29) is 22.3 Å². The molecule has 11 atom stereocenters. The topological polar surface area (TPSA) is 110 Å². The third-order valence-electron chi connectivity index (χ3n) is 15.6. The molecule has 1 aromatic rings. The Balaban J connectivity index is 1.45. The van der Waals surface area contributed by atoms with Gasteiger partial charge in [-0.2, -0.15) is 0 Å². The molecule has 2 N–H and O–H groups in total. The van der Waals surface area contributed by atoms with Crippen molar-refractivity contribution in [1.82, 2.24) is 0 Å². The van der Waals surface area contributed by atoms with E-state index < -0.39 is 52.4 Å². The fourth-order valence-corrected chi connectivity index (χ4v) is 12.3. The lowest BCUT2D eigenvalue weighted by Crippen LogP contribution is -2.72. The van der Waals surface area contributed by atoms with Crippen LogP contribution < -0.4 is 0 Å². The summed E-state index contributed by atoms with van der Waals surface area (Å²) < 4.78 is 12.5. The van der Waals surface area contributed by atoms with Crippen molar-refractivity contribution in [3.63, 3.8) is 0 Å². The van der Waals surface area contributed by atoms with Crippen LogP contribution in [-0.2, 0) is 23.9 Å². The number of rotatable bonds is 6. The first-order valence-corrected chi connectivity index (χ1v) is 19.1. The zero-order valence-electron chi connectivity index (χ0n) is 32.2. The van der Waals surface area contributed by atoms with Crippen molar-refractivity contribution in [2.24, 2.45) is 50.2 Å². The van der Waals surface area contributed by atoms with E-state index in [1.807, 2.05) is 44.2 Å².